The molecule has 3 rings (SSSR count). The van der Waals surface area contributed by atoms with E-state index in [9.17, 15) is 0 Å². The molecule has 2 atom stereocenters. The quantitative estimate of drug-likeness (QED) is 0.918. The van der Waals surface area contributed by atoms with Crippen molar-refractivity contribution >= 4 is 11.3 Å². The number of fused-ring (bicyclic) bond motifs is 1. The van der Waals surface area contributed by atoms with Crippen LogP contribution in [-0.4, -0.2) is 35.6 Å². The molecule has 19 heavy (non-hydrogen) atoms. The number of hydrogen-bond donors (Lipinski definition) is 1. The van der Waals surface area contributed by atoms with Crippen LogP contribution in [0.25, 0.3) is 0 Å². The zero-order valence-electron chi connectivity index (χ0n) is 12.1. The van der Waals surface area contributed by atoms with E-state index in [2.05, 4.69) is 29.4 Å². The molecule has 1 aromatic rings. The lowest BCUT2D eigenvalue weighted by atomic mass is 9.83. The summed E-state index contributed by atoms with van der Waals surface area (Å²) in [5.74, 6) is 0. The Bertz CT molecular complexity index is 431. The normalized spacial score (nSPS) is 31.6. The van der Waals surface area contributed by atoms with Gasteiger partial charge in [-0.1, -0.05) is 6.92 Å². The maximum atomic E-state index is 4.81. The summed E-state index contributed by atoms with van der Waals surface area (Å²) in [5.41, 5.74) is 1.33. The lowest BCUT2D eigenvalue weighted by molar-refractivity contribution is 0.105. The highest BCUT2D eigenvalue weighted by Gasteiger charge is 2.43. The minimum Gasteiger partial charge on any atom is -0.305 e. The van der Waals surface area contributed by atoms with E-state index in [-0.39, 0.29) is 5.54 Å². The fourth-order valence-electron chi connectivity index (χ4n) is 3.63. The summed E-state index contributed by atoms with van der Waals surface area (Å²) in [5, 5.41) is 7.37. The number of aryl methyl sites for hydroxylation is 1. The van der Waals surface area contributed by atoms with Gasteiger partial charge in [0, 0.05) is 23.7 Å². The van der Waals surface area contributed by atoms with Crippen molar-refractivity contribution in [2.24, 2.45) is 0 Å². The van der Waals surface area contributed by atoms with E-state index in [1.807, 2.05) is 11.3 Å². The number of nitrogens with one attached hydrogen (secondary N) is 1. The largest absolute Gasteiger partial charge is 0.305 e. The van der Waals surface area contributed by atoms with Gasteiger partial charge in [0.05, 0.1) is 5.54 Å². The Kier molecular flexibility index (Phi) is 3.92. The summed E-state index contributed by atoms with van der Waals surface area (Å²) >= 11 is 1.85. The molecule has 0 amide bonds. The molecule has 0 aromatic carbocycles. The van der Waals surface area contributed by atoms with Gasteiger partial charge in [-0.15, -0.1) is 11.3 Å². The molecule has 2 aliphatic rings. The summed E-state index contributed by atoms with van der Waals surface area (Å²) in [6, 6.07) is 0.780. The molecule has 2 fully saturated rings. The van der Waals surface area contributed by atoms with E-state index in [4.69, 9.17) is 4.98 Å². The highest BCUT2D eigenvalue weighted by Crippen LogP contribution is 2.40. The molecule has 2 aliphatic heterocycles. The average Bonchev–Trinajstić information content (AvgIpc) is 3.04. The summed E-state index contributed by atoms with van der Waals surface area (Å²) in [6.07, 6.45) is 6.42. The van der Waals surface area contributed by atoms with Crippen molar-refractivity contribution in [3.05, 3.63) is 16.1 Å². The highest BCUT2D eigenvalue weighted by molar-refractivity contribution is 7.09. The zero-order valence-corrected chi connectivity index (χ0v) is 12.9. The van der Waals surface area contributed by atoms with Gasteiger partial charge in [-0.3, -0.25) is 0 Å². The van der Waals surface area contributed by atoms with Crippen LogP contribution >= 0.6 is 11.3 Å². The molecule has 3 nitrogen and oxygen atoms in total. The third kappa shape index (κ3) is 2.58. The van der Waals surface area contributed by atoms with E-state index in [0.29, 0.717) is 0 Å². The van der Waals surface area contributed by atoms with Gasteiger partial charge >= 0.3 is 0 Å². The van der Waals surface area contributed by atoms with Crippen LogP contribution in [0.1, 0.15) is 49.7 Å². The van der Waals surface area contributed by atoms with Gasteiger partial charge in [0.25, 0.3) is 0 Å². The van der Waals surface area contributed by atoms with E-state index in [1.165, 1.54) is 55.9 Å². The van der Waals surface area contributed by atoms with Crippen LogP contribution in [0.15, 0.2) is 5.38 Å². The molecular formula is C15H25N3S. The fourth-order valence-corrected chi connectivity index (χ4v) is 4.64. The van der Waals surface area contributed by atoms with E-state index in [0.717, 1.165) is 12.6 Å². The predicted octanol–water partition coefficient (Wildman–Crippen LogP) is 2.90. The van der Waals surface area contributed by atoms with Crippen molar-refractivity contribution in [3.63, 3.8) is 0 Å². The second kappa shape index (κ2) is 5.51. The van der Waals surface area contributed by atoms with Gasteiger partial charge in [0.2, 0.25) is 0 Å². The molecular weight excluding hydrogens is 254 g/mol. The van der Waals surface area contributed by atoms with Crippen molar-refractivity contribution in [2.75, 3.05) is 19.6 Å². The van der Waals surface area contributed by atoms with Crippen LogP contribution in [0, 0.1) is 6.92 Å². The van der Waals surface area contributed by atoms with Crippen molar-refractivity contribution in [3.8, 4) is 0 Å². The van der Waals surface area contributed by atoms with Crippen LogP contribution in [0.4, 0.5) is 0 Å². The first-order valence-corrected chi connectivity index (χ1v) is 8.53. The number of rotatable bonds is 4. The second-order valence-corrected chi connectivity index (χ2v) is 6.95. The number of aromatic nitrogens is 1. The SMILES string of the molecule is CCCNC1(c2nc(C)cs2)CCN2CCCC2C1. The first-order valence-electron chi connectivity index (χ1n) is 7.65. The standard InChI is InChI=1S/C15H25N3S/c1-3-7-16-15(14-17-12(2)11-19-14)6-9-18-8-4-5-13(18)10-15/h11,13,16H,3-10H2,1-2H3. The topological polar surface area (TPSA) is 28.2 Å². The Labute approximate surface area is 120 Å². The first-order chi connectivity index (χ1) is 9.23. The van der Waals surface area contributed by atoms with Gasteiger partial charge in [0.1, 0.15) is 5.01 Å². The van der Waals surface area contributed by atoms with E-state index < -0.39 is 0 Å². The Balaban J connectivity index is 1.84. The molecule has 0 bridgehead atoms. The maximum Gasteiger partial charge on any atom is 0.113 e. The number of hydrogen-bond acceptors (Lipinski definition) is 4. The Morgan fingerprint density at radius 1 is 1.53 bits per heavy atom. The van der Waals surface area contributed by atoms with Crippen molar-refractivity contribution in [2.45, 2.75) is 57.5 Å². The average molecular weight is 279 g/mol. The molecule has 4 heteroatoms. The summed E-state index contributed by atoms with van der Waals surface area (Å²) in [6.45, 7) is 8.01. The van der Waals surface area contributed by atoms with Gasteiger partial charge in [-0.05, 0) is 52.1 Å². The molecule has 0 saturated carbocycles. The van der Waals surface area contributed by atoms with E-state index >= 15 is 0 Å². The maximum absolute atomic E-state index is 4.81. The predicted molar refractivity (Wildman–Crippen MR) is 80.7 cm³/mol. The Morgan fingerprint density at radius 2 is 2.42 bits per heavy atom. The van der Waals surface area contributed by atoms with E-state index in [1.54, 1.807) is 0 Å². The molecule has 3 heterocycles. The molecule has 1 aromatic heterocycles. The summed E-state index contributed by atoms with van der Waals surface area (Å²) in [4.78, 5) is 7.50. The monoisotopic (exact) mass is 279 g/mol. The van der Waals surface area contributed by atoms with Crippen molar-refractivity contribution < 1.29 is 0 Å². The van der Waals surface area contributed by atoms with Crippen molar-refractivity contribution in [1.82, 2.24) is 15.2 Å². The Hall–Kier alpha value is -0.450. The number of piperidine rings is 1. The number of nitrogens with zero attached hydrogens (tertiary/aromatic N) is 2. The second-order valence-electron chi connectivity index (χ2n) is 6.09. The van der Waals surface area contributed by atoms with Crippen LogP contribution in [-0.2, 0) is 5.54 Å². The van der Waals surface area contributed by atoms with Crippen molar-refractivity contribution in [1.29, 1.82) is 0 Å². The van der Waals surface area contributed by atoms with Crippen LogP contribution in [0.5, 0.6) is 0 Å². The minimum absolute atomic E-state index is 0.153. The lowest BCUT2D eigenvalue weighted by Crippen LogP contribution is -2.53. The van der Waals surface area contributed by atoms with Crippen LogP contribution in [0.2, 0.25) is 0 Å². The van der Waals surface area contributed by atoms with Gasteiger partial charge in [-0.2, -0.15) is 0 Å². The van der Waals surface area contributed by atoms with Gasteiger partial charge in [-0.25, -0.2) is 4.98 Å². The van der Waals surface area contributed by atoms with Gasteiger partial charge in [0.15, 0.2) is 0 Å². The Morgan fingerprint density at radius 3 is 3.16 bits per heavy atom. The van der Waals surface area contributed by atoms with Crippen LogP contribution in [0.3, 0.4) is 0 Å². The zero-order chi connectivity index (χ0) is 13.3. The van der Waals surface area contributed by atoms with Crippen LogP contribution < -0.4 is 5.32 Å². The molecule has 0 aliphatic carbocycles. The third-order valence-electron chi connectivity index (χ3n) is 4.65. The lowest BCUT2D eigenvalue weighted by Gasteiger charge is -2.43. The molecule has 2 saturated heterocycles. The molecule has 106 valence electrons. The number of thiazole rings is 1. The smallest absolute Gasteiger partial charge is 0.113 e. The fraction of sp³-hybridized carbons (Fsp3) is 0.800. The molecule has 0 radical (unpaired) electrons. The molecule has 1 N–H and O–H groups in total. The molecule has 2 unspecified atom stereocenters. The minimum atomic E-state index is 0.153. The molecule has 0 spiro atoms. The highest BCUT2D eigenvalue weighted by atomic mass is 32.1. The van der Waals surface area contributed by atoms with Gasteiger partial charge < -0.3 is 10.2 Å². The summed E-state index contributed by atoms with van der Waals surface area (Å²) < 4.78 is 0. The third-order valence-corrected chi connectivity index (χ3v) is 5.81. The first kappa shape index (κ1) is 13.5. The summed E-state index contributed by atoms with van der Waals surface area (Å²) in [7, 11) is 0.